The molecule has 0 aliphatic carbocycles. The van der Waals surface area contributed by atoms with Gasteiger partial charge in [-0.25, -0.2) is 0 Å². The van der Waals surface area contributed by atoms with Crippen molar-refractivity contribution in [1.29, 1.82) is 0 Å². The molecule has 5 nitrogen and oxygen atoms in total. The van der Waals surface area contributed by atoms with Crippen LogP contribution in [-0.4, -0.2) is 17.6 Å². The third-order valence-corrected chi connectivity index (χ3v) is 6.13. The third kappa shape index (κ3) is 16.4. The third-order valence-electron chi connectivity index (χ3n) is 6.13. The van der Waals surface area contributed by atoms with E-state index >= 15 is 0 Å². The molecule has 0 aromatic heterocycles. The molecule has 0 saturated heterocycles. The summed E-state index contributed by atoms with van der Waals surface area (Å²) in [5, 5.41) is 0. The maximum Gasteiger partial charge on any atom is 0.228 e. The van der Waals surface area contributed by atoms with Crippen LogP contribution in [0.25, 0.3) is 0 Å². The first kappa shape index (κ1) is 28.6. The Morgan fingerprint density at radius 1 is 0.600 bits per heavy atom. The fourth-order valence-corrected chi connectivity index (χ4v) is 4.13. The van der Waals surface area contributed by atoms with Gasteiger partial charge in [-0.2, -0.15) is 0 Å². The smallest absolute Gasteiger partial charge is 0.228 e. The average Bonchev–Trinajstić information content (AvgIpc) is 2.70. The van der Waals surface area contributed by atoms with Gasteiger partial charge in [0.25, 0.3) is 0 Å². The molecule has 0 heterocycles. The van der Waals surface area contributed by atoms with Crippen LogP contribution in [0, 0.1) is 11.8 Å². The predicted molar refractivity (Wildman–Crippen MR) is 125 cm³/mol. The van der Waals surface area contributed by atoms with Gasteiger partial charge in [0, 0.05) is 12.8 Å². The quantitative estimate of drug-likeness (QED) is 0.169. The minimum absolute atomic E-state index is 0.0251. The lowest BCUT2D eigenvalue weighted by Crippen LogP contribution is -2.31. The maximum absolute atomic E-state index is 12.1. The summed E-state index contributed by atoms with van der Waals surface area (Å²) in [6.45, 7) is 4.57. The van der Waals surface area contributed by atoms with Crippen LogP contribution in [0.1, 0.15) is 129 Å². The second kappa shape index (κ2) is 19.6. The summed E-state index contributed by atoms with van der Waals surface area (Å²) < 4.78 is 0. The highest BCUT2D eigenvalue weighted by molar-refractivity contribution is 6.00. The lowest BCUT2D eigenvalue weighted by Gasteiger charge is -2.16. The molecule has 0 radical (unpaired) electrons. The second-order valence-electron chi connectivity index (χ2n) is 8.94. The van der Waals surface area contributed by atoms with Crippen LogP contribution in [0.4, 0.5) is 0 Å². The molecule has 1 unspecified atom stereocenters. The number of primary amides is 2. The zero-order valence-electron chi connectivity index (χ0n) is 19.8. The van der Waals surface area contributed by atoms with Crippen LogP contribution in [-0.2, 0) is 14.4 Å². The Labute approximate surface area is 185 Å². The van der Waals surface area contributed by atoms with Crippen molar-refractivity contribution in [3.05, 3.63) is 0 Å². The minimum Gasteiger partial charge on any atom is -0.370 e. The number of hydrogen-bond acceptors (Lipinski definition) is 3. The zero-order valence-corrected chi connectivity index (χ0v) is 19.8. The SMILES string of the molecule is CCCCC(CCCC)CCCCCCCCCCC(=O)C(CCC(N)=O)C(N)=O. The van der Waals surface area contributed by atoms with E-state index in [9.17, 15) is 14.4 Å². The Morgan fingerprint density at radius 3 is 1.53 bits per heavy atom. The highest BCUT2D eigenvalue weighted by Gasteiger charge is 2.23. The monoisotopic (exact) mass is 424 g/mol. The van der Waals surface area contributed by atoms with Crippen molar-refractivity contribution in [1.82, 2.24) is 0 Å². The molecule has 0 rings (SSSR count). The number of hydrogen-bond donors (Lipinski definition) is 2. The molecule has 0 aromatic rings. The topological polar surface area (TPSA) is 103 Å². The minimum atomic E-state index is -0.865. The molecule has 2 amide bonds. The van der Waals surface area contributed by atoms with Gasteiger partial charge in [-0.05, 0) is 18.8 Å². The van der Waals surface area contributed by atoms with Gasteiger partial charge in [0.2, 0.25) is 11.8 Å². The predicted octanol–water partition coefficient (Wildman–Crippen LogP) is 5.82. The van der Waals surface area contributed by atoms with Gasteiger partial charge in [-0.15, -0.1) is 0 Å². The van der Waals surface area contributed by atoms with Crippen LogP contribution in [0.2, 0.25) is 0 Å². The summed E-state index contributed by atoms with van der Waals surface area (Å²) in [5.41, 5.74) is 10.4. The lowest BCUT2D eigenvalue weighted by atomic mass is 9.90. The number of Topliss-reactive ketones (excluding diaryl/α,β-unsaturated/α-hetero) is 1. The zero-order chi connectivity index (χ0) is 22.6. The van der Waals surface area contributed by atoms with E-state index in [4.69, 9.17) is 11.5 Å². The van der Waals surface area contributed by atoms with E-state index in [0.29, 0.717) is 6.42 Å². The standard InChI is InChI=1S/C25H48N2O3/c1-3-5-15-21(16-6-4-2)17-13-11-9-7-8-10-12-14-18-23(28)22(25(27)30)19-20-24(26)29/h21-22H,3-20H2,1-2H3,(H2,26,29)(H2,27,30). The van der Waals surface area contributed by atoms with Gasteiger partial charge in [-0.1, -0.05) is 104 Å². The number of nitrogens with two attached hydrogens (primary N) is 2. The molecule has 5 heteroatoms. The summed E-state index contributed by atoms with van der Waals surface area (Å²) in [6, 6.07) is 0. The lowest BCUT2D eigenvalue weighted by molar-refractivity contribution is -0.132. The normalized spacial score (nSPS) is 12.2. The molecule has 0 aliphatic heterocycles. The van der Waals surface area contributed by atoms with Crippen molar-refractivity contribution in [3.63, 3.8) is 0 Å². The molecular formula is C25H48N2O3. The van der Waals surface area contributed by atoms with Crippen molar-refractivity contribution in [2.75, 3.05) is 0 Å². The van der Waals surface area contributed by atoms with Crippen molar-refractivity contribution < 1.29 is 14.4 Å². The van der Waals surface area contributed by atoms with Crippen LogP contribution < -0.4 is 11.5 Å². The molecule has 4 N–H and O–H groups in total. The number of ketones is 1. The van der Waals surface area contributed by atoms with Crippen LogP contribution in [0.3, 0.4) is 0 Å². The van der Waals surface area contributed by atoms with E-state index in [1.165, 1.54) is 77.0 Å². The summed E-state index contributed by atoms with van der Waals surface area (Å²) >= 11 is 0. The van der Waals surface area contributed by atoms with Gasteiger partial charge in [0.05, 0.1) is 5.92 Å². The molecule has 0 aliphatic rings. The van der Waals surface area contributed by atoms with Crippen molar-refractivity contribution in [3.8, 4) is 0 Å². The van der Waals surface area contributed by atoms with Gasteiger partial charge < -0.3 is 11.5 Å². The molecule has 0 fully saturated rings. The fraction of sp³-hybridized carbons (Fsp3) is 0.880. The summed E-state index contributed by atoms with van der Waals surface area (Å²) in [6.07, 6.45) is 19.5. The second-order valence-corrected chi connectivity index (χ2v) is 8.94. The van der Waals surface area contributed by atoms with Crippen LogP contribution >= 0.6 is 0 Å². The van der Waals surface area contributed by atoms with E-state index in [0.717, 1.165) is 25.2 Å². The average molecular weight is 425 g/mol. The molecule has 0 spiro atoms. The highest BCUT2D eigenvalue weighted by atomic mass is 16.2. The molecule has 176 valence electrons. The van der Waals surface area contributed by atoms with Gasteiger partial charge in [0.1, 0.15) is 5.78 Å². The number of carbonyl (C=O) groups excluding carboxylic acids is 3. The Bertz CT molecular complexity index is 457. The highest BCUT2D eigenvalue weighted by Crippen LogP contribution is 2.23. The molecule has 1 atom stereocenters. The first-order valence-electron chi connectivity index (χ1n) is 12.5. The van der Waals surface area contributed by atoms with Crippen molar-refractivity contribution in [2.24, 2.45) is 23.3 Å². The molecular weight excluding hydrogens is 376 g/mol. The molecule has 30 heavy (non-hydrogen) atoms. The Kier molecular flexibility index (Phi) is 18.7. The summed E-state index contributed by atoms with van der Waals surface area (Å²) in [7, 11) is 0. The summed E-state index contributed by atoms with van der Waals surface area (Å²) in [5.74, 6) is -1.23. The van der Waals surface area contributed by atoms with Gasteiger partial charge in [0.15, 0.2) is 0 Å². The van der Waals surface area contributed by atoms with E-state index in [-0.39, 0.29) is 18.6 Å². The Balaban J connectivity index is 3.73. The number of amides is 2. The number of rotatable bonds is 22. The first-order valence-corrected chi connectivity index (χ1v) is 12.5. The number of unbranched alkanes of at least 4 members (excludes halogenated alkanes) is 9. The number of carbonyl (C=O) groups is 3. The van der Waals surface area contributed by atoms with E-state index < -0.39 is 17.7 Å². The Morgan fingerprint density at radius 2 is 1.07 bits per heavy atom. The van der Waals surface area contributed by atoms with Crippen LogP contribution in [0.15, 0.2) is 0 Å². The van der Waals surface area contributed by atoms with Gasteiger partial charge in [-0.3, -0.25) is 14.4 Å². The largest absolute Gasteiger partial charge is 0.370 e. The summed E-state index contributed by atoms with van der Waals surface area (Å²) in [4.78, 5) is 34.4. The van der Waals surface area contributed by atoms with E-state index in [2.05, 4.69) is 13.8 Å². The molecule has 0 bridgehead atoms. The Hall–Kier alpha value is -1.39. The molecule has 0 aromatic carbocycles. The van der Waals surface area contributed by atoms with Crippen molar-refractivity contribution >= 4 is 17.6 Å². The first-order chi connectivity index (χ1) is 14.4. The van der Waals surface area contributed by atoms with Crippen molar-refractivity contribution in [2.45, 2.75) is 129 Å². The van der Waals surface area contributed by atoms with Crippen LogP contribution in [0.5, 0.6) is 0 Å². The fourth-order valence-electron chi connectivity index (χ4n) is 4.13. The van der Waals surface area contributed by atoms with E-state index in [1.807, 2.05) is 0 Å². The van der Waals surface area contributed by atoms with E-state index in [1.54, 1.807) is 0 Å². The van der Waals surface area contributed by atoms with Gasteiger partial charge >= 0.3 is 0 Å². The maximum atomic E-state index is 12.1. The molecule has 0 saturated carbocycles.